The zero-order chi connectivity index (χ0) is 39.2. The Bertz CT molecular complexity index is 1140. The zero-order valence-electron chi connectivity index (χ0n) is 22.3. The van der Waals surface area contributed by atoms with Crippen molar-refractivity contribution in [1.82, 2.24) is 0 Å². The van der Waals surface area contributed by atoms with Crippen LogP contribution in [0.3, 0.4) is 0 Å². The average Bonchev–Trinajstić information content (AvgIpc) is 2.85. The standard InChI is InChI=1S/C21H15F25O2/c1-2-9(47)48-6-4-3-5-11(24,25)14(30,31)17(36,37)19(40,41)18(38,39)15(32,33)12(26,27)7-10(22,23)8-13(28,29)16(34,35)20(42,43)21(44,45)46/h2H,1,3-8H2. The van der Waals surface area contributed by atoms with E-state index in [0.29, 0.717) is 6.08 Å². The van der Waals surface area contributed by atoms with Crippen LogP contribution in [0.1, 0.15) is 32.1 Å². The van der Waals surface area contributed by atoms with Gasteiger partial charge < -0.3 is 4.74 Å². The molecule has 0 spiro atoms. The van der Waals surface area contributed by atoms with Gasteiger partial charge >= 0.3 is 71.4 Å². The van der Waals surface area contributed by atoms with E-state index in [0.717, 1.165) is 0 Å². The van der Waals surface area contributed by atoms with Crippen LogP contribution in [0.4, 0.5) is 110 Å². The first-order chi connectivity index (χ1) is 20.6. The van der Waals surface area contributed by atoms with Crippen LogP contribution in [-0.2, 0) is 9.53 Å². The van der Waals surface area contributed by atoms with Gasteiger partial charge in [0.15, 0.2) is 0 Å². The first-order valence-electron chi connectivity index (χ1n) is 11.6. The second kappa shape index (κ2) is 13.0. The van der Waals surface area contributed by atoms with Gasteiger partial charge in [-0.15, -0.1) is 0 Å². The lowest BCUT2D eigenvalue weighted by Crippen LogP contribution is -2.73. The molecule has 0 aromatic heterocycles. The Morgan fingerprint density at radius 3 is 1.10 bits per heavy atom. The molecule has 0 aromatic carbocycles. The Morgan fingerprint density at radius 2 is 0.771 bits per heavy atom. The van der Waals surface area contributed by atoms with Gasteiger partial charge in [-0.1, -0.05) is 6.58 Å². The van der Waals surface area contributed by atoms with Crippen molar-refractivity contribution in [3.05, 3.63) is 12.7 Å². The number of carbonyl (C=O) groups excluding carboxylic acids is 1. The lowest BCUT2D eigenvalue weighted by atomic mass is 9.86. The van der Waals surface area contributed by atoms with Gasteiger partial charge in [0.05, 0.1) is 19.4 Å². The van der Waals surface area contributed by atoms with Crippen LogP contribution in [0, 0.1) is 0 Å². The molecule has 27 heteroatoms. The van der Waals surface area contributed by atoms with E-state index in [2.05, 4.69) is 11.3 Å². The summed E-state index contributed by atoms with van der Waals surface area (Å²) in [6.45, 7) is 1.84. The maximum Gasteiger partial charge on any atom is 0.460 e. The van der Waals surface area contributed by atoms with Gasteiger partial charge in [-0.3, -0.25) is 0 Å². The molecule has 0 amide bonds. The predicted molar refractivity (Wildman–Crippen MR) is 105 cm³/mol. The molecule has 0 atom stereocenters. The van der Waals surface area contributed by atoms with E-state index in [1.165, 1.54) is 0 Å². The zero-order valence-corrected chi connectivity index (χ0v) is 22.3. The Hall–Kier alpha value is -2.54. The number of unbranched alkanes of at least 4 members (excludes halogenated alkanes) is 1. The smallest absolute Gasteiger partial charge is 0.460 e. The van der Waals surface area contributed by atoms with Crippen molar-refractivity contribution in [1.29, 1.82) is 0 Å². The van der Waals surface area contributed by atoms with Crippen LogP contribution in [0.5, 0.6) is 0 Å². The van der Waals surface area contributed by atoms with Crippen LogP contribution < -0.4 is 0 Å². The minimum Gasteiger partial charge on any atom is -0.463 e. The quantitative estimate of drug-likeness (QED) is 0.0600. The molecule has 0 saturated carbocycles. The summed E-state index contributed by atoms with van der Waals surface area (Å²) in [4.78, 5) is 10.7. The third-order valence-electron chi connectivity index (χ3n) is 5.96. The van der Waals surface area contributed by atoms with E-state index in [-0.39, 0.29) is 0 Å². The summed E-state index contributed by atoms with van der Waals surface area (Å²) in [6.07, 6.45) is -22.4. The molecule has 0 fully saturated rings. The fraction of sp³-hybridized carbons (Fsp3) is 0.857. The highest BCUT2D eigenvalue weighted by Crippen LogP contribution is 2.64. The lowest BCUT2D eigenvalue weighted by molar-refractivity contribution is -0.444. The first kappa shape index (κ1) is 45.5. The normalized spacial score (nSPS) is 15.9. The molecule has 0 bridgehead atoms. The van der Waals surface area contributed by atoms with Crippen LogP contribution >= 0.6 is 0 Å². The molecular weight excluding hydrogens is 759 g/mol. The second-order valence-electron chi connectivity index (χ2n) is 9.67. The molecule has 0 N–H and O–H groups in total. The topological polar surface area (TPSA) is 26.3 Å². The minimum absolute atomic E-state index is 0.444. The maximum absolute atomic E-state index is 13.9. The highest BCUT2D eigenvalue weighted by Gasteiger charge is 2.93. The summed E-state index contributed by atoms with van der Waals surface area (Å²) in [5.74, 6) is -89.6. The highest BCUT2D eigenvalue weighted by molar-refractivity contribution is 5.81. The summed E-state index contributed by atoms with van der Waals surface area (Å²) in [6, 6.07) is 0. The molecule has 48 heavy (non-hydrogen) atoms. The number of carbonyl (C=O) groups is 1. The minimum atomic E-state index is -8.91. The number of hydrogen-bond donors (Lipinski definition) is 0. The monoisotopic (exact) mass is 774 g/mol. The molecule has 0 rings (SSSR count). The molecule has 286 valence electrons. The lowest BCUT2D eigenvalue weighted by Gasteiger charge is -2.43. The highest BCUT2D eigenvalue weighted by atomic mass is 19.4. The molecule has 0 heterocycles. The number of hydrogen-bond acceptors (Lipinski definition) is 2. The Kier molecular flexibility index (Phi) is 12.3. The number of halogens is 25. The Balaban J connectivity index is 6.50. The summed E-state index contributed by atoms with van der Waals surface area (Å²) >= 11 is 0. The fourth-order valence-corrected chi connectivity index (χ4v) is 3.23. The third-order valence-corrected chi connectivity index (χ3v) is 5.96. The van der Waals surface area contributed by atoms with E-state index in [1.54, 1.807) is 0 Å². The molecule has 0 aliphatic heterocycles. The Morgan fingerprint density at radius 1 is 0.458 bits per heavy atom. The van der Waals surface area contributed by atoms with Crippen LogP contribution in [-0.4, -0.2) is 83.9 Å². The third kappa shape index (κ3) is 7.61. The van der Waals surface area contributed by atoms with Gasteiger partial charge in [-0.25, -0.2) is 13.6 Å². The SMILES string of the molecule is C=CC(=O)OCCCCC(F)(F)C(F)(F)C(F)(F)C(F)(F)C(F)(F)C(F)(F)C(F)(F)CC(F)(F)CC(F)(F)C(F)(F)C(F)(F)C(F)(F)F. The summed E-state index contributed by atoms with van der Waals surface area (Å²) < 4.78 is 341. The van der Waals surface area contributed by atoms with Crippen molar-refractivity contribution in [3.63, 3.8) is 0 Å². The molecular formula is C21H15F25O2. The number of ether oxygens (including phenoxy) is 1. The number of esters is 1. The van der Waals surface area contributed by atoms with Crippen molar-refractivity contribution in [3.8, 4) is 0 Å². The first-order valence-corrected chi connectivity index (χ1v) is 11.6. The van der Waals surface area contributed by atoms with Crippen LogP contribution in [0.2, 0.25) is 0 Å². The van der Waals surface area contributed by atoms with Crippen molar-refractivity contribution in [2.24, 2.45) is 0 Å². The second-order valence-corrected chi connectivity index (χ2v) is 9.67. The van der Waals surface area contributed by atoms with E-state index in [1.807, 2.05) is 0 Å². The van der Waals surface area contributed by atoms with Crippen LogP contribution in [0.15, 0.2) is 12.7 Å². The van der Waals surface area contributed by atoms with E-state index >= 15 is 0 Å². The van der Waals surface area contributed by atoms with Crippen molar-refractivity contribution in [2.45, 2.75) is 103 Å². The van der Waals surface area contributed by atoms with Crippen molar-refractivity contribution in [2.75, 3.05) is 6.61 Å². The van der Waals surface area contributed by atoms with Gasteiger partial charge in [0, 0.05) is 12.5 Å². The van der Waals surface area contributed by atoms with E-state index in [9.17, 15) is 115 Å². The summed E-state index contributed by atoms with van der Waals surface area (Å²) in [5, 5.41) is 0. The predicted octanol–water partition coefficient (Wildman–Crippen LogP) is 10.2. The largest absolute Gasteiger partial charge is 0.463 e. The summed E-state index contributed by atoms with van der Waals surface area (Å²) in [7, 11) is 0. The van der Waals surface area contributed by atoms with Gasteiger partial charge in [-0.05, 0) is 12.8 Å². The summed E-state index contributed by atoms with van der Waals surface area (Å²) in [5.41, 5.74) is 0. The molecule has 2 nitrogen and oxygen atoms in total. The molecule has 0 aromatic rings. The molecule has 0 unspecified atom stereocenters. The van der Waals surface area contributed by atoms with Crippen molar-refractivity contribution < 1.29 is 119 Å². The van der Waals surface area contributed by atoms with Gasteiger partial charge in [0.1, 0.15) is 0 Å². The van der Waals surface area contributed by atoms with Gasteiger partial charge in [0.2, 0.25) is 0 Å². The van der Waals surface area contributed by atoms with E-state index < -0.39 is 116 Å². The molecule has 0 aliphatic carbocycles. The maximum atomic E-state index is 13.9. The Labute approximate surface area is 249 Å². The van der Waals surface area contributed by atoms with Gasteiger partial charge in [0.25, 0.3) is 5.92 Å². The van der Waals surface area contributed by atoms with E-state index in [4.69, 9.17) is 0 Å². The number of alkyl halides is 25. The molecule has 0 aliphatic rings. The number of rotatable bonds is 18. The van der Waals surface area contributed by atoms with Gasteiger partial charge in [-0.2, -0.15) is 101 Å². The fourth-order valence-electron chi connectivity index (χ4n) is 3.23. The van der Waals surface area contributed by atoms with Crippen LogP contribution in [0.25, 0.3) is 0 Å². The average molecular weight is 774 g/mol. The molecule has 0 radical (unpaired) electrons. The van der Waals surface area contributed by atoms with Crippen molar-refractivity contribution >= 4 is 5.97 Å². The molecule has 0 saturated heterocycles.